The van der Waals surface area contributed by atoms with Crippen molar-refractivity contribution < 1.29 is 19.0 Å². The lowest BCUT2D eigenvalue weighted by Crippen LogP contribution is -2.29. The van der Waals surface area contributed by atoms with Crippen molar-refractivity contribution in [3.63, 3.8) is 0 Å². The van der Waals surface area contributed by atoms with Crippen LogP contribution in [0.2, 0.25) is 0 Å². The molecular weight excluding hydrogens is 287 g/mol. The van der Waals surface area contributed by atoms with Gasteiger partial charge >= 0.3 is 0 Å². The number of fused-ring (bicyclic) bond motifs is 3. The first kappa shape index (κ1) is 15.0. The molecule has 1 N–H and O–H groups in total. The Kier molecular flexibility index (Phi) is 3.66. The molecule has 22 heavy (non-hydrogen) atoms. The van der Waals surface area contributed by atoms with Gasteiger partial charge < -0.3 is 19.1 Å². The molecule has 0 aromatic carbocycles. The molecule has 0 amide bonds. The van der Waals surface area contributed by atoms with E-state index in [9.17, 15) is 9.50 Å². The summed E-state index contributed by atoms with van der Waals surface area (Å²) in [6.07, 6.45) is 2.21. The third kappa shape index (κ3) is 2.19. The van der Waals surface area contributed by atoms with Gasteiger partial charge in [-0.05, 0) is 26.0 Å². The molecule has 1 atom stereocenters. The minimum Gasteiger partial charge on any atom is -0.481 e. The van der Waals surface area contributed by atoms with Gasteiger partial charge in [-0.25, -0.2) is 4.39 Å². The van der Waals surface area contributed by atoms with E-state index in [-0.39, 0.29) is 6.54 Å². The number of ether oxygens (including phenoxy) is 2. The average Bonchev–Trinajstić information content (AvgIpc) is 2.87. The minimum atomic E-state index is -1.11. The predicted molar refractivity (Wildman–Crippen MR) is 79.3 cm³/mol. The van der Waals surface area contributed by atoms with E-state index in [0.717, 1.165) is 16.8 Å². The first-order chi connectivity index (χ1) is 10.5. The van der Waals surface area contributed by atoms with Gasteiger partial charge in [0.05, 0.1) is 24.1 Å². The van der Waals surface area contributed by atoms with Gasteiger partial charge in [-0.3, -0.25) is 4.98 Å². The average molecular weight is 306 g/mol. The molecule has 5 nitrogen and oxygen atoms in total. The van der Waals surface area contributed by atoms with Crippen LogP contribution in [-0.4, -0.2) is 28.4 Å². The van der Waals surface area contributed by atoms with Crippen LogP contribution in [0.4, 0.5) is 4.39 Å². The summed E-state index contributed by atoms with van der Waals surface area (Å²) in [5.41, 5.74) is 2.50. The smallest absolute Gasteiger partial charge is 0.196 e. The van der Waals surface area contributed by atoms with Gasteiger partial charge in [-0.15, -0.1) is 0 Å². The van der Waals surface area contributed by atoms with E-state index in [0.29, 0.717) is 11.4 Å². The van der Waals surface area contributed by atoms with Crippen LogP contribution in [0, 0.1) is 0 Å². The Morgan fingerprint density at radius 2 is 2.27 bits per heavy atom. The molecule has 0 fully saturated rings. The van der Waals surface area contributed by atoms with Crippen molar-refractivity contribution in [2.24, 2.45) is 0 Å². The number of hydrogen-bond donors (Lipinski definition) is 1. The van der Waals surface area contributed by atoms with Crippen LogP contribution >= 0.6 is 0 Å². The summed E-state index contributed by atoms with van der Waals surface area (Å²) in [5.74, 6) is 0.650. The monoisotopic (exact) mass is 306 g/mol. The number of nitrogens with zero attached hydrogens (tertiary/aromatic N) is 2. The summed E-state index contributed by atoms with van der Waals surface area (Å²) in [5, 5.41) is 10.1. The summed E-state index contributed by atoms with van der Waals surface area (Å²) < 4.78 is 25.8. The molecule has 3 heterocycles. The maximum Gasteiger partial charge on any atom is 0.196 e. The van der Waals surface area contributed by atoms with Crippen LogP contribution in [0.3, 0.4) is 0 Å². The van der Waals surface area contributed by atoms with Crippen LogP contribution in [0.5, 0.6) is 5.75 Å². The minimum absolute atomic E-state index is 0.142. The Bertz CT molecular complexity index is 697. The van der Waals surface area contributed by atoms with Gasteiger partial charge in [0.25, 0.3) is 0 Å². The van der Waals surface area contributed by atoms with Crippen LogP contribution in [-0.2, 0) is 16.9 Å². The number of rotatable bonds is 4. The van der Waals surface area contributed by atoms with E-state index in [1.165, 1.54) is 7.11 Å². The van der Waals surface area contributed by atoms with Crippen molar-refractivity contribution in [1.82, 2.24) is 9.55 Å². The molecule has 0 aliphatic carbocycles. The SMILES string of the molecule is COC(O)c1cc2c(n1CCF)-c1ccncc1OC2(C)C. The molecule has 0 saturated heterocycles. The lowest BCUT2D eigenvalue weighted by Gasteiger charge is -2.33. The van der Waals surface area contributed by atoms with Crippen molar-refractivity contribution in [3.05, 3.63) is 35.8 Å². The summed E-state index contributed by atoms with van der Waals surface area (Å²) >= 11 is 0. The third-order valence-corrected chi connectivity index (χ3v) is 3.97. The number of alkyl halides is 1. The normalized spacial score (nSPS) is 16.6. The highest BCUT2D eigenvalue weighted by molar-refractivity contribution is 5.74. The van der Waals surface area contributed by atoms with Crippen LogP contribution in [0.1, 0.15) is 31.4 Å². The highest BCUT2D eigenvalue weighted by atomic mass is 19.1. The first-order valence-corrected chi connectivity index (χ1v) is 7.13. The molecular formula is C16H19FN2O3. The fraction of sp³-hybridized carbons (Fsp3) is 0.438. The Labute approximate surface area is 128 Å². The summed E-state index contributed by atoms with van der Waals surface area (Å²) in [6, 6.07) is 3.66. The number of methoxy groups -OCH3 is 1. The molecule has 0 saturated carbocycles. The topological polar surface area (TPSA) is 56.5 Å². The lowest BCUT2D eigenvalue weighted by atomic mass is 9.92. The van der Waals surface area contributed by atoms with Gasteiger partial charge in [0.15, 0.2) is 6.29 Å². The zero-order chi connectivity index (χ0) is 15.9. The second-order valence-corrected chi connectivity index (χ2v) is 5.74. The Morgan fingerprint density at radius 1 is 1.50 bits per heavy atom. The highest BCUT2D eigenvalue weighted by Gasteiger charge is 2.37. The van der Waals surface area contributed by atoms with Gasteiger partial charge in [0.2, 0.25) is 0 Å². The molecule has 2 aromatic heterocycles. The third-order valence-electron chi connectivity index (χ3n) is 3.97. The van der Waals surface area contributed by atoms with Crippen LogP contribution in [0.25, 0.3) is 11.3 Å². The molecule has 3 rings (SSSR count). The fourth-order valence-corrected chi connectivity index (χ4v) is 2.96. The molecule has 0 spiro atoms. The van der Waals surface area contributed by atoms with Gasteiger partial charge in [-0.1, -0.05) is 0 Å². The van der Waals surface area contributed by atoms with E-state index in [2.05, 4.69) is 4.98 Å². The molecule has 0 bridgehead atoms. The quantitative estimate of drug-likeness (QED) is 0.883. The molecule has 6 heteroatoms. The summed E-state index contributed by atoms with van der Waals surface area (Å²) in [7, 11) is 1.41. The van der Waals surface area contributed by atoms with E-state index in [1.807, 2.05) is 26.0 Å². The maximum absolute atomic E-state index is 13.1. The zero-order valence-electron chi connectivity index (χ0n) is 12.8. The second kappa shape index (κ2) is 5.37. The van der Waals surface area contributed by atoms with Gasteiger partial charge in [0.1, 0.15) is 18.0 Å². The molecule has 1 unspecified atom stereocenters. The fourth-order valence-electron chi connectivity index (χ4n) is 2.96. The molecule has 0 radical (unpaired) electrons. The largest absolute Gasteiger partial charge is 0.481 e. The van der Waals surface area contributed by atoms with E-state index >= 15 is 0 Å². The Balaban J connectivity index is 2.29. The molecule has 2 aromatic rings. The molecule has 118 valence electrons. The Hall–Kier alpha value is -1.92. The number of halogens is 1. The number of pyridine rings is 1. The lowest BCUT2D eigenvalue weighted by molar-refractivity contribution is -0.0820. The van der Waals surface area contributed by atoms with Crippen LogP contribution in [0.15, 0.2) is 24.5 Å². The van der Waals surface area contributed by atoms with Crippen molar-refractivity contribution in [2.75, 3.05) is 13.8 Å². The van der Waals surface area contributed by atoms with Crippen molar-refractivity contribution in [2.45, 2.75) is 32.3 Å². The summed E-state index contributed by atoms with van der Waals surface area (Å²) in [6.45, 7) is 3.48. The van der Waals surface area contributed by atoms with E-state index in [4.69, 9.17) is 9.47 Å². The molecule has 1 aliphatic rings. The number of aromatic nitrogens is 2. The number of aliphatic hydroxyl groups excluding tert-OH is 1. The van der Waals surface area contributed by atoms with Crippen molar-refractivity contribution in [1.29, 1.82) is 0 Å². The predicted octanol–water partition coefficient (Wildman–Crippen LogP) is 2.78. The van der Waals surface area contributed by atoms with E-state index in [1.54, 1.807) is 17.0 Å². The highest BCUT2D eigenvalue weighted by Crippen LogP contribution is 2.46. The Morgan fingerprint density at radius 3 is 2.95 bits per heavy atom. The first-order valence-electron chi connectivity index (χ1n) is 7.13. The van der Waals surface area contributed by atoms with Crippen molar-refractivity contribution in [3.8, 4) is 17.0 Å². The van der Waals surface area contributed by atoms with E-state index < -0.39 is 18.6 Å². The van der Waals surface area contributed by atoms with Crippen molar-refractivity contribution >= 4 is 0 Å². The molecule has 1 aliphatic heterocycles. The number of aliphatic hydroxyl groups is 1. The van der Waals surface area contributed by atoms with Crippen LogP contribution < -0.4 is 4.74 Å². The van der Waals surface area contributed by atoms with Gasteiger partial charge in [0, 0.05) is 24.4 Å². The van der Waals surface area contributed by atoms with Gasteiger partial charge in [-0.2, -0.15) is 0 Å². The zero-order valence-corrected chi connectivity index (χ0v) is 12.8. The standard InChI is InChI=1S/C16H19FN2O3/c1-16(2)11-8-12(15(20)21-3)19(7-5-17)14(11)10-4-6-18-9-13(10)22-16/h4,6,8-9,15,20H,5,7H2,1-3H3. The number of hydrogen-bond acceptors (Lipinski definition) is 4. The summed E-state index contributed by atoms with van der Waals surface area (Å²) in [4.78, 5) is 4.09. The second-order valence-electron chi connectivity index (χ2n) is 5.74. The maximum atomic E-state index is 13.1.